The van der Waals surface area contributed by atoms with Gasteiger partial charge in [0.15, 0.2) is 6.61 Å². The second kappa shape index (κ2) is 12.5. The van der Waals surface area contributed by atoms with E-state index in [0.29, 0.717) is 35.1 Å². The Morgan fingerprint density at radius 3 is 2.59 bits per heavy atom. The van der Waals surface area contributed by atoms with Gasteiger partial charge in [0, 0.05) is 30.8 Å². The Labute approximate surface area is 225 Å². The van der Waals surface area contributed by atoms with Crippen LogP contribution in [-0.2, 0) is 27.4 Å². The largest absolute Gasteiger partial charge is 0.456 e. The zero-order valence-corrected chi connectivity index (χ0v) is 22.2. The van der Waals surface area contributed by atoms with Crippen LogP contribution in [0, 0.1) is 25.6 Å². The lowest BCUT2D eigenvalue weighted by molar-refractivity contribution is -0.146. The maximum Gasteiger partial charge on any atom is 0.303 e. The molecule has 12 heteroatoms. The minimum absolute atomic E-state index is 0.0556. The summed E-state index contributed by atoms with van der Waals surface area (Å²) >= 11 is 0. The third-order valence-electron chi connectivity index (χ3n) is 6.61. The molecule has 1 aromatic carbocycles. The van der Waals surface area contributed by atoms with Gasteiger partial charge < -0.3 is 15.4 Å². The summed E-state index contributed by atoms with van der Waals surface area (Å²) in [6.45, 7) is 5.32. The number of esters is 1. The summed E-state index contributed by atoms with van der Waals surface area (Å²) in [6, 6.07) is 8.19. The zero-order chi connectivity index (χ0) is 27.9. The van der Waals surface area contributed by atoms with Crippen LogP contribution < -0.4 is 10.6 Å². The van der Waals surface area contributed by atoms with Crippen molar-refractivity contribution in [3.8, 4) is 11.4 Å². The van der Waals surface area contributed by atoms with Gasteiger partial charge in [-0.05, 0) is 80.0 Å². The van der Waals surface area contributed by atoms with E-state index in [1.807, 2.05) is 0 Å². The molecule has 0 bridgehead atoms. The second-order valence-corrected chi connectivity index (χ2v) is 9.88. The molecule has 39 heavy (non-hydrogen) atoms. The molecule has 2 aromatic heterocycles. The van der Waals surface area contributed by atoms with Gasteiger partial charge in [0.1, 0.15) is 11.5 Å². The number of rotatable bonds is 9. The Bertz CT molecular complexity index is 1350. The molecular weight excluding hydrogens is 505 g/mol. The fourth-order valence-corrected chi connectivity index (χ4v) is 4.60. The number of nitrogens with zero attached hydrogens (tertiary/aromatic N) is 5. The number of hydrogen-bond donors (Lipinski definition) is 2. The minimum Gasteiger partial charge on any atom is -0.456 e. The van der Waals surface area contributed by atoms with Gasteiger partial charge in [-0.15, -0.1) is 10.2 Å². The first-order chi connectivity index (χ1) is 18.7. The fourth-order valence-electron chi connectivity index (χ4n) is 4.60. The summed E-state index contributed by atoms with van der Waals surface area (Å²) in [4.78, 5) is 41.4. The highest BCUT2D eigenvalue weighted by atomic mass is 19.1. The molecule has 206 valence electrons. The molecule has 1 aliphatic carbocycles. The van der Waals surface area contributed by atoms with E-state index < -0.39 is 5.97 Å². The summed E-state index contributed by atoms with van der Waals surface area (Å²) in [5.41, 5.74) is 2.81. The smallest absolute Gasteiger partial charge is 0.303 e. The SMILES string of the molecule is CC(=O)OCC(=O)NC1CCC(Cn2nnc(-c3cc(C)nc(C(=O)NCc4ccc(F)c(C)c4)c3)n2)CC1. The molecule has 2 amide bonds. The standard InChI is InChI=1S/C27H32FN7O4/c1-16-10-20(6-9-23(16)28)13-29-27(38)24-12-21(11-17(2)30-24)26-32-34-35(33-26)14-19-4-7-22(8-5-19)31-25(37)15-39-18(3)36/h6,9-12,19,22H,4-5,7-8,13-15H2,1-3H3,(H,29,38)(H,31,37). The third-order valence-corrected chi connectivity index (χ3v) is 6.61. The van der Waals surface area contributed by atoms with Crippen molar-refractivity contribution < 1.29 is 23.5 Å². The number of carbonyl (C=O) groups is 3. The van der Waals surface area contributed by atoms with Crippen molar-refractivity contribution in [2.24, 2.45) is 5.92 Å². The summed E-state index contributed by atoms with van der Waals surface area (Å²) in [5, 5.41) is 18.6. The Morgan fingerprint density at radius 2 is 1.87 bits per heavy atom. The molecule has 0 atom stereocenters. The van der Waals surface area contributed by atoms with Gasteiger partial charge >= 0.3 is 5.97 Å². The Balaban J connectivity index is 1.31. The van der Waals surface area contributed by atoms with Crippen LogP contribution in [0.5, 0.6) is 0 Å². The van der Waals surface area contributed by atoms with E-state index in [-0.39, 0.29) is 42.5 Å². The lowest BCUT2D eigenvalue weighted by Gasteiger charge is -2.28. The number of benzene rings is 1. The molecular formula is C27H32FN7O4. The Morgan fingerprint density at radius 1 is 1.10 bits per heavy atom. The van der Waals surface area contributed by atoms with Crippen molar-refractivity contribution in [3.05, 3.63) is 58.7 Å². The normalized spacial score (nSPS) is 16.9. The first kappa shape index (κ1) is 27.8. The number of ether oxygens (including phenoxy) is 1. The molecule has 0 radical (unpaired) electrons. The van der Waals surface area contributed by atoms with Gasteiger partial charge in [-0.25, -0.2) is 9.37 Å². The van der Waals surface area contributed by atoms with Crippen LogP contribution in [0.3, 0.4) is 0 Å². The third kappa shape index (κ3) is 7.88. The van der Waals surface area contributed by atoms with E-state index >= 15 is 0 Å². The molecule has 0 saturated heterocycles. The molecule has 2 heterocycles. The number of pyridine rings is 1. The van der Waals surface area contributed by atoms with Gasteiger partial charge in [-0.3, -0.25) is 14.4 Å². The van der Waals surface area contributed by atoms with Gasteiger partial charge in [0.2, 0.25) is 5.82 Å². The lowest BCUT2D eigenvalue weighted by Crippen LogP contribution is -2.40. The Kier molecular flexibility index (Phi) is 8.95. The van der Waals surface area contributed by atoms with Crippen LogP contribution >= 0.6 is 0 Å². The minimum atomic E-state index is -0.480. The Hall–Kier alpha value is -4.22. The molecule has 1 aliphatic rings. The highest BCUT2D eigenvalue weighted by molar-refractivity contribution is 5.93. The maximum atomic E-state index is 13.5. The van der Waals surface area contributed by atoms with Crippen molar-refractivity contribution in [1.82, 2.24) is 35.8 Å². The average molecular weight is 538 g/mol. The van der Waals surface area contributed by atoms with Crippen LogP contribution in [0.25, 0.3) is 11.4 Å². The number of nitrogens with one attached hydrogen (secondary N) is 2. The van der Waals surface area contributed by atoms with Crippen molar-refractivity contribution in [1.29, 1.82) is 0 Å². The fraction of sp³-hybridized carbons (Fsp3) is 0.444. The molecule has 1 fully saturated rings. The van der Waals surface area contributed by atoms with E-state index in [1.165, 1.54) is 13.0 Å². The van der Waals surface area contributed by atoms with E-state index in [2.05, 4.69) is 31.0 Å². The first-order valence-corrected chi connectivity index (χ1v) is 12.9. The number of amides is 2. The summed E-state index contributed by atoms with van der Waals surface area (Å²) < 4.78 is 18.2. The highest BCUT2D eigenvalue weighted by Gasteiger charge is 2.24. The maximum absolute atomic E-state index is 13.5. The predicted molar refractivity (Wildman–Crippen MR) is 139 cm³/mol. The monoisotopic (exact) mass is 537 g/mol. The number of halogens is 1. The topological polar surface area (TPSA) is 141 Å². The van der Waals surface area contributed by atoms with E-state index in [1.54, 1.807) is 42.9 Å². The molecule has 2 N–H and O–H groups in total. The number of hydrogen-bond acceptors (Lipinski definition) is 8. The van der Waals surface area contributed by atoms with Crippen LogP contribution in [-0.4, -0.2) is 55.6 Å². The van der Waals surface area contributed by atoms with Crippen LogP contribution in [0.1, 0.15) is 59.9 Å². The number of aryl methyl sites for hydroxylation is 2. The van der Waals surface area contributed by atoms with Crippen LogP contribution in [0.2, 0.25) is 0 Å². The van der Waals surface area contributed by atoms with E-state index in [9.17, 15) is 18.8 Å². The molecule has 11 nitrogen and oxygen atoms in total. The summed E-state index contributed by atoms with van der Waals surface area (Å²) in [7, 11) is 0. The van der Waals surface area contributed by atoms with Crippen molar-refractivity contribution >= 4 is 17.8 Å². The molecule has 1 saturated carbocycles. The first-order valence-electron chi connectivity index (χ1n) is 12.9. The van der Waals surface area contributed by atoms with E-state index in [4.69, 9.17) is 4.74 Å². The quantitative estimate of drug-likeness (QED) is 0.397. The van der Waals surface area contributed by atoms with E-state index in [0.717, 1.165) is 31.2 Å². The zero-order valence-electron chi connectivity index (χ0n) is 22.2. The van der Waals surface area contributed by atoms with Crippen molar-refractivity contribution in [3.63, 3.8) is 0 Å². The number of tetrazole rings is 1. The number of aromatic nitrogens is 5. The number of carbonyl (C=O) groups excluding carboxylic acids is 3. The molecule has 0 spiro atoms. The summed E-state index contributed by atoms with van der Waals surface area (Å²) in [5.74, 6) is -0.676. The van der Waals surface area contributed by atoms with Gasteiger partial charge in [-0.1, -0.05) is 12.1 Å². The molecule has 0 unspecified atom stereocenters. The summed E-state index contributed by atoms with van der Waals surface area (Å²) in [6.07, 6.45) is 3.42. The van der Waals surface area contributed by atoms with Gasteiger partial charge in [0.25, 0.3) is 11.8 Å². The van der Waals surface area contributed by atoms with Crippen molar-refractivity contribution in [2.45, 2.75) is 65.6 Å². The molecule has 4 rings (SSSR count). The average Bonchev–Trinajstić information content (AvgIpc) is 3.37. The van der Waals surface area contributed by atoms with Crippen molar-refractivity contribution in [2.75, 3.05) is 6.61 Å². The van der Waals surface area contributed by atoms with Crippen LogP contribution in [0.15, 0.2) is 30.3 Å². The highest BCUT2D eigenvalue weighted by Crippen LogP contribution is 2.26. The van der Waals surface area contributed by atoms with Gasteiger partial charge in [-0.2, -0.15) is 4.80 Å². The van der Waals surface area contributed by atoms with Gasteiger partial charge in [0.05, 0.1) is 6.54 Å². The molecule has 0 aliphatic heterocycles. The lowest BCUT2D eigenvalue weighted by atomic mass is 9.86. The molecule has 3 aromatic rings. The second-order valence-electron chi connectivity index (χ2n) is 9.88. The predicted octanol–water partition coefficient (Wildman–Crippen LogP) is 2.66. The van der Waals surface area contributed by atoms with Crippen LogP contribution in [0.4, 0.5) is 4.39 Å².